The van der Waals surface area contributed by atoms with Crippen molar-refractivity contribution in [3.8, 4) is 0 Å². The molecule has 0 unspecified atom stereocenters. The Bertz CT molecular complexity index is 920. The third kappa shape index (κ3) is 4.76. The van der Waals surface area contributed by atoms with Gasteiger partial charge in [0.05, 0.1) is 4.90 Å². The monoisotopic (exact) mass is 386 g/mol. The largest absolute Gasteiger partial charge is 0.355 e. The quantitative estimate of drug-likeness (QED) is 0.733. The fraction of sp³-hybridized carbons (Fsp3) is 0.381. The van der Waals surface area contributed by atoms with Crippen LogP contribution in [0.1, 0.15) is 36.0 Å². The van der Waals surface area contributed by atoms with Gasteiger partial charge in [-0.15, -0.1) is 0 Å². The lowest BCUT2D eigenvalue weighted by molar-refractivity contribution is -0.121. The molecule has 2 aromatic carbocycles. The number of hydrogen-bond donors (Lipinski definition) is 2. The lowest BCUT2D eigenvalue weighted by atomic mass is 9.96. The van der Waals surface area contributed by atoms with E-state index in [0.717, 1.165) is 24.0 Å². The molecule has 144 valence electrons. The molecule has 0 atom stereocenters. The number of hydrogen-bond acceptors (Lipinski definition) is 3. The molecule has 6 heteroatoms. The summed E-state index contributed by atoms with van der Waals surface area (Å²) in [6.45, 7) is 4.49. The molecular weight excluding hydrogens is 360 g/mol. The molecule has 27 heavy (non-hydrogen) atoms. The molecule has 0 saturated heterocycles. The molecule has 1 amide bonds. The topological polar surface area (TPSA) is 75.3 Å². The zero-order chi connectivity index (χ0) is 19.5. The predicted molar refractivity (Wildman–Crippen MR) is 106 cm³/mol. The number of rotatable bonds is 8. The van der Waals surface area contributed by atoms with Crippen molar-refractivity contribution in [1.29, 1.82) is 0 Å². The zero-order valence-electron chi connectivity index (χ0n) is 15.8. The first kappa shape index (κ1) is 19.6. The highest BCUT2D eigenvalue weighted by Crippen LogP contribution is 2.47. The SMILES string of the molecule is Cc1ccc(S(=O)(=O)NCCC(=O)NCC2(c3ccccc3)CC2)cc1C. The summed E-state index contributed by atoms with van der Waals surface area (Å²) >= 11 is 0. The molecule has 0 spiro atoms. The number of nitrogens with one attached hydrogen (secondary N) is 2. The summed E-state index contributed by atoms with van der Waals surface area (Å²) in [7, 11) is -3.60. The summed E-state index contributed by atoms with van der Waals surface area (Å²) in [4.78, 5) is 12.4. The van der Waals surface area contributed by atoms with Gasteiger partial charge in [-0.2, -0.15) is 0 Å². The van der Waals surface area contributed by atoms with Crippen LogP contribution in [0.25, 0.3) is 0 Å². The highest BCUT2D eigenvalue weighted by atomic mass is 32.2. The molecular formula is C21H26N2O3S. The van der Waals surface area contributed by atoms with Crippen molar-refractivity contribution in [2.45, 2.75) is 43.4 Å². The van der Waals surface area contributed by atoms with Gasteiger partial charge in [-0.3, -0.25) is 4.79 Å². The van der Waals surface area contributed by atoms with Gasteiger partial charge in [0.15, 0.2) is 0 Å². The molecule has 0 aliphatic heterocycles. The van der Waals surface area contributed by atoms with Crippen molar-refractivity contribution in [2.75, 3.05) is 13.1 Å². The normalized spacial score (nSPS) is 15.3. The lowest BCUT2D eigenvalue weighted by Gasteiger charge is -2.16. The molecule has 1 aliphatic rings. The maximum absolute atomic E-state index is 12.3. The Balaban J connectivity index is 1.47. The van der Waals surface area contributed by atoms with Gasteiger partial charge in [0.25, 0.3) is 0 Å². The van der Waals surface area contributed by atoms with E-state index in [1.54, 1.807) is 18.2 Å². The minimum atomic E-state index is -3.60. The van der Waals surface area contributed by atoms with Crippen molar-refractivity contribution in [3.05, 3.63) is 65.2 Å². The number of aryl methyl sites for hydroxylation is 2. The molecule has 0 aromatic heterocycles. The molecule has 1 aliphatic carbocycles. The van der Waals surface area contributed by atoms with Crippen LogP contribution in [0.5, 0.6) is 0 Å². The van der Waals surface area contributed by atoms with Crippen molar-refractivity contribution < 1.29 is 13.2 Å². The molecule has 1 saturated carbocycles. The maximum atomic E-state index is 12.3. The maximum Gasteiger partial charge on any atom is 0.240 e. The van der Waals surface area contributed by atoms with Crippen molar-refractivity contribution in [3.63, 3.8) is 0 Å². The Labute approximate surface area is 161 Å². The third-order valence-corrected chi connectivity index (χ3v) is 6.76. The van der Waals surface area contributed by atoms with Gasteiger partial charge >= 0.3 is 0 Å². The summed E-state index contributed by atoms with van der Waals surface area (Å²) in [5, 5.41) is 2.95. The fourth-order valence-electron chi connectivity index (χ4n) is 3.13. The average Bonchev–Trinajstić information content (AvgIpc) is 3.44. The van der Waals surface area contributed by atoms with Gasteiger partial charge in [0.1, 0.15) is 0 Å². The Morgan fingerprint density at radius 1 is 1.04 bits per heavy atom. The summed E-state index contributed by atoms with van der Waals surface area (Å²) in [5.74, 6) is -0.139. The standard InChI is InChI=1S/C21H26N2O3S/c1-16-8-9-19(14-17(16)2)27(25,26)23-13-10-20(24)22-15-21(11-12-21)18-6-4-3-5-7-18/h3-9,14,23H,10-13,15H2,1-2H3,(H,22,24). The number of amides is 1. The Hall–Kier alpha value is -2.18. The smallest absolute Gasteiger partial charge is 0.240 e. The first-order chi connectivity index (χ1) is 12.8. The lowest BCUT2D eigenvalue weighted by Crippen LogP contribution is -2.35. The second kappa shape index (κ2) is 7.82. The van der Waals surface area contributed by atoms with Gasteiger partial charge in [-0.25, -0.2) is 13.1 Å². The summed E-state index contributed by atoms with van der Waals surface area (Å²) < 4.78 is 27.2. The molecule has 3 rings (SSSR count). The zero-order valence-corrected chi connectivity index (χ0v) is 16.6. The second-order valence-electron chi connectivity index (χ2n) is 7.32. The minimum Gasteiger partial charge on any atom is -0.355 e. The van der Waals surface area contributed by atoms with Crippen molar-refractivity contribution in [2.24, 2.45) is 0 Å². The van der Waals surface area contributed by atoms with Gasteiger partial charge in [-0.05, 0) is 55.5 Å². The second-order valence-corrected chi connectivity index (χ2v) is 9.08. The van der Waals surface area contributed by atoms with E-state index in [0.29, 0.717) is 6.54 Å². The summed E-state index contributed by atoms with van der Waals surface area (Å²) in [5.41, 5.74) is 3.27. The highest BCUT2D eigenvalue weighted by Gasteiger charge is 2.44. The van der Waals surface area contributed by atoms with Gasteiger partial charge in [0.2, 0.25) is 15.9 Å². The molecule has 5 nitrogen and oxygen atoms in total. The minimum absolute atomic E-state index is 0.0514. The van der Waals surface area contributed by atoms with E-state index >= 15 is 0 Å². The van der Waals surface area contributed by atoms with E-state index in [2.05, 4.69) is 22.2 Å². The van der Waals surface area contributed by atoms with Crippen molar-refractivity contribution >= 4 is 15.9 Å². The first-order valence-electron chi connectivity index (χ1n) is 9.22. The fourth-order valence-corrected chi connectivity index (χ4v) is 4.25. The van der Waals surface area contributed by atoms with Gasteiger partial charge in [-0.1, -0.05) is 36.4 Å². The van der Waals surface area contributed by atoms with E-state index in [4.69, 9.17) is 0 Å². The average molecular weight is 387 g/mol. The molecule has 2 aromatic rings. The molecule has 0 radical (unpaired) electrons. The van der Waals surface area contributed by atoms with Crippen LogP contribution in [0.2, 0.25) is 0 Å². The van der Waals surface area contributed by atoms with E-state index in [9.17, 15) is 13.2 Å². The summed E-state index contributed by atoms with van der Waals surface area (Å²) in [6, 6.07) is 15.2. The number of sulfonamides is 1. The Morgan fingerprint density at radius 2 is 1.74 bits per heavy atom. The van der Waals surface area contributed by atoms with Crippen LogP contribution < -0.4 is 10.0 Å². The number of benzene rings is 2. The molecule has 1 fully saturated rings. The van der Waals surface area contributed by atoms with Crippen molar-refractivity contribution in [1.82, 2.24) is 10.0 Å². The van der Waals surface area contributed by atoms with Gasteiger partial charge in [0, 0.05) is 24.9 Å². The highest BCUT2D eigenvalue weighted by molar-refractivity contribution is 7.89. The van der Waals surface area contributed by atoms with Gasteiger partial charge < -0.3 is 5.32 Å². The summed E-state index contributed by atoms with van der Waals surface area (Å²) in [6.07, 6.45) is 2.25. The van der Waals surface area contributed by atoms with Crippen LogP contribution in [0, 0.1) is 13.8 Å². The van der Waals surface area contributed by atoms with E-state index in [1.807, 2.05) is 32.0 Å². The predicted octanol–water partition coefficient (Wildman–Crippen LogP) is 2.82. The van der Waals surface area contributed by atoms with E-state index in [-0.39, 0.29) is 29.2 Å². The van der Waals surface area contributed by atoms with Crippen LogP contribution in [0.3, 0.4) is 0 Å². The van der Waals surface area contributed by atoms with Crippen LogP contribution in [0.4, 0.5) is 0 Å². The third-order valence-electron chi connectivity index (χ3n) is 5.30. The van der Waals surface area contributed by atoms with E-state index in [1.165, 1.54) is 5.56 Å². The molecule has 0 bridgehead atoms. The molecule has 0 heterocycles. The van der Waals surface area contributed by atoms with Crippen LogP contribution in [-0.2, 0) is 20.2 Å². The first-order valence-corrected chi connectivity index (χ1v) is 10.7. The number of carbonyl (C=O) groups is 1. The Kier molecular flexibility index (Phi) is 5.67. The van der Waals surface area contributed by atoms with E-state index < -0.39 is 10.0 Å². The number of carbonyl (C=O) groups excluding carboxylic acids is 1. The van der Waals surface area contributed by atoms with Crippen LogP contribution in [-0.4, -0.2) is 27.4 Å². The van der Waals surface area contributed by atoms with Crippen LogP contribution >= 0.6 is 0 Å². The van der Waals surface area contributed by atoms with Crippen LogP contribution in [0.15, 0.2) is 53.4 Å². The Morgan fingerprint density at radius 3 is 2.37 bits per heavy atom. The molecule has 2 N–H and O–H groups in total.